The van der Waals surface area contributed by atoms with E-state index in [-0.39, 0.29) is 11.5 Å². The molecule has 0 saturated carbocycles. The van der Waals surface area contributed by atoms with Crippen molar-refractivity contribution in [1.82, 2.24) is 10.2 Å². The van der Waals surface area contributed by atoms with Gasteiger partial charge >= 0.3 is 0 Å². The van der Waals surface area contributed by atoms with E-state index in [0.717, 1.165) is 29.8 Å². The number of phenols is 1. The first-order chi connectivity index (χ1) is 10.5. The first-order valence-electron chi connectivity index (χ1n) is 6.95. The summed E-state index contributed by atoms with van der Waals surface area (Å²) in [5.41, 5.74) is 2.37. The van der Waals surface area contributed by atoms with Crippen LogP contribution in [0.4, 0.5) is 4.39 Å². The molecule has 22 heavy (non-hydrogen) atoms. The highest BCUT2D eigenvalue weighted by molar-refractivity contribution is 5.94. The van der Waals surface area contributed by atoms with E-state index in [9.17, 15) is 14.3 Å². The summed E-state index contributed by atoms with van der Waals surface area (Å²) in [5.74, 6) is -1.62. The normalized spacial score (nSPS) is 10.7. The lowest BCUT2D eigenvalue weighted by Crippen LogP contribution is -2.23. The summed E-state index contributed by atoms with van der Waals surface area (Å²) in [6.45, 7) is 1.20. The summed E-state index contributed by atoms with van der Waals surface area (Å²) in [5, 5.41) is 12.1. The maximum absolute atomic E-state index is 13.0. The van der Waals surface area contributed by atoms with Crippen LogP contribution in [-0.4, -0.2) is 30.0 Å². The van der Waals surface area contributed by atoms with Crippen LogP contribution < -0.4 is 5.32 Å². The van der Waals surface area contributed by atoms with Gasteiger partial charge in [-0.05, 0) is 43.4 Å². The van der Waals surface area contributed by atoms with Crippen LogP contribution in [-0.2, 0) is 13.1 Å². The van der Waals surface area contributed by atoms with Crippen molar-refractivity contribution in [2.24, 2.45) is 0 Å². The number of hydrogen-bond acceptors (Lipinski definition) is 3. The van der Waals surface area contributed by atoms with Gasteiger partial charge in [0.25, 0.3) is 5.91 Å². The van der Waals surface area contributed by atoms with Crippen LogP contribution in [0, 0.1) is 5.82 Å². The van der Waals surface area contributed by atoms with E-state index in [1.54, 1.807) is 0 Å². The molecule has 0 unspecified atom stereocenters. The topological polar surface area (TPSA) is 52.6 Å². The average molecular weight is 302 g/mol. The van der Waals surface area contributed by atoms with Gasteiger partial charge in [0.05, 0.1) is 0 Å². The van der Waals surface area contributed by atoms with E-state index >= 15 is 0 Å². The number of carbonyl (C=O) groups excluding carboxylic acids is 1. The van der Waals surface area contributed by atoms with Crippen LogP contribution in [0.3, 0.4) is 0 Å². The molecule has 0 saturated heterocycles. The SMILES string of the molecule is CN(C)Cc1cccc(CNC(=O)c2ccc(F)c(O)c2)c1. The molecule has 0 fully saturated rings. The summed E-state index contributed by atoms with van der Waals surface area (Å²) in [7, 11) is 3.99. The fourth-order valence-electron chi connectivity index (χ4n) is 2.14. The lowest BCUT2D eigenvalue weighted by molar-refractivity contribution is 0.0950. The standard InChI is InChI=1S/C17H19FN2O2/c1-20(2)11-13-5-3-4-12(8-13)10-19-17(22)14-6-7-15(18)16(21)9-14/h3-9,21H,10-11H2,1-2H3,(H,19,22). The van der Waals surface area contributed by atoms with Crippen molar-refractivity contribution in [3.05, 3.63) is 65.0 Å². The second kappa shape index (κ2) is 7.04. The highest BCUT2D eigenvalue weighted by atomic mass is 19.1. The number of benzene rings is 2. The molecule has 2 aromatic rings. The van der Waals surface area contributed by atoms with Crippen molar-refractivity contribution in [3.63, 3.8) is 0 Å². The van der Waals surface area contributed by atoms with Crippen LogP contribution in [0.15, 0.2) is 42.5 Å². The van der Waals surface area contributed by atoms with Gasteiger partial charge in [-0.3, -0.25) is 4.79 Å². The average Bonchev–Trinajstić information content (AvgIpc) is 2.47. The van der Waals surface area contributed by atoms with Crippen molar-refractivity contribution in [2.75, 3.05) is 14.1 Å². The Labute approximate surface area is 129 Å². The number of amides is 1. The van der Waals surface area contributed by atoms with Crippen LogP contribution in [0.25, 0.3) is 0 Å². The van der Waals surface area contributed by atoms with Gasteiger partial charge in [-0.1, -0.05) is 24.3 Å². The Bertz CT molecular complexity index is 671. The zero-order valence-corrected chi connectivity index (χ0v) is 12.6. The van der Waals surface area contributed by atoms with Gasteiger partial charge in [-0.15, -0.1) is 0 Å². The third kappa shape index (κ3) is 4.30. The van der Waals surface area contributed by atoms with Crippen LogP contribution >= 0.6 is 0 Å². The summed E-state index contributed by atoms with van der Waals surface area (Å²) in [4.78, 5) is 14.1. The molecule has 0 aliphatic carbocycles. The van der Waals surface area contributed by atoms with Crippen LogP contribution in [0.5, 0.6) is 5.75 Å². The van der Waals surface area contributed by atoms with Crippen molar-refractivity contribution < 1.29 is 14.3 Å². The monoisotopic (exact) mass is 302 g/mol. The fourth-order valence-corrected chi connectivity index (χ4v) is 2.14. The smallest absolute Gasteiger partial charge is 0.251 e. The van der Waals surface area contributed by atoms with Crippen LogP contribution in [0.1, 0.15) is 21.5 Å². The first kappa shape index (κ1) is 16.0. The minimum Gasteiger partial charge on any atom is -0.505 e. The maximum Gasteiger partial charge on any atom is 0.251 e. The highest BCUT2D eigenvalue weighted by Crippen LogP contribution is 2.16. The van der Waals surface area contributed by atoms with Crippen molar-refractivity contribution in [1.29, 1.82) is 0 Å². The second-order valence-corrected chi connectivity index (χ2v) is 5.41. The Kier molecular flexibility index (Phi) is 5.12. The van der Waals surface area contributed by atoms with Gasteiger partial charge in [0.2, 0.25) is 0 Å². The number of phenolic OH excluding ortho intramolecular Hbond substituents is 1. The Morgan fingerprint density at radius 3 is 2.59 bits per heavy atom. The molecule has 0 aliphatic rings. The molecule has 0 bridgehead atoms. The molecule has 0 heterocycles. The minimum atomic E-state index is -0.743. The van der Waals surface area contributed by atoms with Gasteiger partial charge < -0.3 is 15.3 Å². The van der Waals surface area contributed by atoms with E-state index in [2.05, 4.69) is 10.2 Å². The predicted octanol–water partition coefficient (Wildman–Crippen LogP) is 2.52. The zero-order chi connectivity index (χ0) is 16.1. The van der Waals surface area contributed by atoms with Gasteiger partial charge in [-0.2, -0.15) is 0 Å². The molecule has 0 aliphatic heterocycles. The molecule has 4 nitrogen and oxygen atoms in total. The van der Waals surface area contributed by atoms with E-state index in [1.807, 2.05) is 38.4 Å². The molecule has 2 rings (SSSR count). The number of carbonyl (C=O) groups is 1. The molecular weight excluding hydrogens is 283 g/mol. The quantitative estimate of drug-likeness (QED) is 0.892. The molecule has 5 heteroatoms. The number of aromatic hydroxyl groups is 1. The third-order valence-electron chi connectivity index (χ3n) is 3.15. The van der Waals surface area contributed by atoms with Gasteiger partial charge in [0, 0.05) is 18.7 Å². The molecule has 0 aromatic heterocycles. The molecular formula is C17H19FN2O2. The lowest BCUT2D eigenvalue weighted by atomic mass is 10.1. The Morgan fingerprint density at radius 2 is 1.91 bits per heavy atom. The number of nitrogens with zero attached hydrogens (tertiary/aromatic N) is 1. The Hall–Kier alpha value is -2.40. The Balaban J connectivity index is 2.00. The van der Waals surface area contributed by atoms with Crippen molar-refractivity contribution in [2.45, 2.75) is 13.1 Å². The van der Waals surface area contributed by atoms with Gasteiger partial charge in [-0.25, -0.2) is 4.39 Å². The van der Waals surface area contributed by atoms with E-state index < -0.39 is 11.6 Å². The fraction of sp³-hybridized carbons (Fsp3) is 0.235. The number of hydrogen-bond donors (Lipinski definition) is 2. The maximum atomic E-state index is 13.0. The van der Waals surface area contributed by atoms with Crippen molar-refractivity contribution in [3.8, 4) is 5.75 Å². The summed E-state index contributed by atoms with van der Waals surface area (Å²) >= 11 is 0. The van der Waals surface area contributed by atoms with Crippen molar-refractivity contribution >= 4 is 5.91 Å². The Morgan fingerprint density at radius 1 is 1.18 bits per heavy atom. The summed E-state index contributed by atoms with van der Waals surface area (Å²) in [6.07, 6.45) is 0. The van der Waals surface area contributed by atoms with E-state index in [0.29, 0.717) is 6.54 Å². The molecule has 0 spiro atoms. The highest BCUT2D eigenvalue weighted by Gasteiger charge is 2.09. The number of halogens is 1. The lowest BCUT2D eigenvalue weighted by Gasteiger charge is -2.11. The largest absolute Gasteiger partial charge is 0.505 e. The second-order valence-electron chi connectivity index (χ2n) is 5.41. The molecule has 1 amide bonds. The molecule has 0 atom stereocenters. The molecule has 2 aromatic carbocycles. The zero-order valence-electron chi connectivity index (χ0n) is 12.6. The molecule has 116 valence electrons. The minimum absolute atomic E-state index is 0.225. The number of nitrogens with one attached hydrogen (secondary N) is 1. The van der Waals surface area contributed by atoms with Gasteiger partial charge in [0.15, 0.2) is 11.6 Å². The molecule has 2 N–H and O–H groups in total. The van der Waals surface area contributed by atoms with Crippen LogP contribution in [0.2, 0.25) is 0 Å². The van der Waals surface area contributed by atoms with Gasteiger partial charge in [0.1, 0.15) is 0 Å². The predicted molar refractivity (Wildman–Crippen MR) is 83.1 cm³/mol. The first-order valence-corrected chi connectivity index (χ1v) is 6.95. The molecule has 0 radical (unpaired) electrons. The van der Waals surface area contributed by atoms with E-state index in [1.165, 1.54) is 6.07 Å². The third-order valence-corrected chi connectivity index (χ3v) is 3.15. The van der Waals surface area contributed by atoms with E-state index in [4.69, 9.17) is 0 Å². The number of rotatable bonds is 5. The summed E-state index contributed by atoms with van der Waals surface area (Å²) in [6, 6.07) is 11.5. The summed E-state index contributed by atoms with van der Waals surface area (Å²) < 4.78 is 13.0.